The molecule has 0 aliphatic heterocycles. The number of nitrogens with one attached hydrogen (secondary N) is 9. The minimum absolute atomic E-state index is 0.0255. The Morgan fingerprint density at radius 2 is 0.972 bits per heavy atom. The van der Waals surface area contributed by atoms with E-state index in [1.54, 1.807) is 0 Å². The first-order valence-corrected chi connectivity index (χ1v) is 23.1. The smallest absolute Gasteiger partial charge is 0.322 e. The Labute approximate surface area is 415 Å². The highest BCUT2D eigenvalue weighted by Gasteiger charge is 2.35. The van der Waals surface area contributed by atoms with Crippen LogP contribution < -0.4 is 82.3 Å². The predicted octanol–water partition coefficient (Wildman–Crippen LogP) is -9.62. The molecule has 0 bridgehead atoms. The number of rotatable bonds is 37. The summed E-state index contributed by atoms with van der Waals surface area (Å²) in [5.74, 6) is -11.4. The number of nitrogens with zero attached hydrogens (tertiary/aromatic N) is 1. The number of guanidine groups is 1. The molecule has 72 heavy (non-hydrogen) atoms. The van der Waals surface area contributed by atoms with Crippen molar-refractivity contribution in [2.45, 2.75) is 146 Å². The van der Waals surface area contributed by atoms with Crippen LogP contribution in [0.25, 0.3) is 0 Å². The van der Waals surface area contributed by atoms with Gasteiger partial charge in [0, 0.05) is 13.0 Å². The maximum atomic E-state index is 13.9. The van der Waals surface area contributed by atoms with Gasteiger partial charge in [-0.15, -0.1) is 0 Å². The zero-order valence-electron chi connectivity index (χ0n) is 40.8. The number of hydrogen-bond acceptors (Lipinski definition) is 18. The summed E-state index contributed by atoms with van der Waals surface area (Å²) in [6, 6.07) is -12.2. The van der Waals surface area contributed by atoms with Gasteiger partial charge in [-0.2, -0.15) is 0 Å². The van der Waals surface area contributed by atoms with Gasteiger partial charge < -0.3 is 103 Å². The van der Waals surface area contributed by atoms with Crippen LogP contribution in [0.2, 0.25) is 0 Å². The van der Waals surface area contributed by atoms with E-state index in [0.29, 0.717) is 25.8 Å². The van der Waals surface area contributed by atoms with E-state index < -0.39 is 145 Å². The molecular formula is C41H76N16O15. The molecule has 0 rings (SSSR count). The van der Waals surface area contributed by atoms with Crippen LogP contribution >= 0.6 is 0 Å². The Kier molecular flexibility index (Phi) is 32.0. The number of carbonyl (C=O) groups excluding carboxylic acids is 10. The highest BCUT2D eigenvalue weighted by Crippen LogP contribution is 2.08. The zero-order valence-corrected chi connectivity index (χ0v) is 40.8. The number of nitrogens with two attached hydrogens (primary N) is 6. The number of carboxylic acids is 1. The Hall–Kier alpha value is -6.80. The fourth-order valence-electron chi connectivity index (χ4n) is 6.24. The van der Waals surface area contributed by atoms with Crippen molar-refractivity contribution >= 4 is 71.0 Å². The number of aliphatic hydroxyl groups excluding tert-OH is 3. The van der Waals surface area contributed by atoms with E-state index in [1.807, 2.05) is 5.32 Å². The van der Waals surface area contributed by atoms with Gasteiger partial charge in [-0.3, -0.25) is 57.7 Å². The van der Waals surface area contributed by atoms with Gasteiger partial charge >= 0.3 is 5.97 Å². The Balaban J connectivity index is 6.31. The Bertz CT molecular complexity index is 1850. The Morgan fingerprint density at radius 1 is 0.514 bits per heavy atom. The number of carbonyl (C=O) groups is 11. The second-order valence-corrected chi connectivity index (χ2v) is 16.6. The second-order valence-electron chi connectivity index (χ2n) is 16.6. The third kappa shape index (κ3) is 27.0. The van der Waals surface area contributed by atoms with E-state index in [2.05, 4.69) is 47.5 Å². The highest BCUT2D eigenvalue weighted by molar-refractivity contribution is 5.98. The SMILES string of the molecule is CC(NC(=O)[C@@H](NC(=O)[C@H](CCC(N)=O)NC(=O)[C@@H](N)CCCCN)[C@@H](C)O)C(=O)N[C@@H](CCCN=C(N)N)C(=O)N[C@@H](CCCCN)C(=O)N[C@@H](CO)C(=O)N[C@H](C(=O)NCC(=O)NCC(=O)O)[C@@H](C)O. The molecule has 0 aliphatic carbocycles. The molecule has 10 amide bonds. The highest BCUT2D eigenvalue weighted by atomic mass is 16.4. The van der Waals surface area contributed by atoms with Crippen LogP contribution in [0.5, 0.6) is 0 Å². The molecule has 0 fully saturated rings. The molecule has 25 N–H and O–H groups in total. The number of hydrogen-bond donors (Lipinski definition) is 19. The molecule has 10 atom stereocenters. The summed E-state index contributed by atoms with van der Waals surface area (Å²) < 4.78 is 0. The van der Waals surface area contributed by atoms with E-state index in [4.69, 9.17) is 39.5 Å². The van der Waals surface area contributed by atoms with Crippen molar-refractivity contribution in [1.29, 1.82) is 0 Å². The molecule has 0 radical (unpaired) electrons. The number of carboxylic acid groups (broad SMARTS) is 1. The average Bonchev–Trinajstić information content (AvgIpc) is 3.31. The number of amides is 10. The number of aliphatic carboxylic acids is 1. The number of aliphatic imine (C=N–C) groups is 1. The summed E-state index contributed by atoms with van der Waals surface area (Å²) >= 11 is 0. The lowest BCUT2D eigenvalue weighted by Crippen LogP contribution is -2.61. The first-order valence-electron chi connectivity index (χ1n) is 23.1. The lowest BCUT2D eigenvalue weighted by molar-refractivity contribution is -0.138. The van der Waals surface area contributed by atoms with Crippen LogP contribution in [0.4, 0.5) is 0 Å². The fraction of sp³-hybridized carbons (Fsp3) is 0.707. The molecule has 410 valence electrons. The monoisotopic (exact) mass is 1030 g/mol. The molecular weight excluding hydrogens is 957 g/mol. The third-order valence-electron chi connectivity index (χ3n) is 10.3. The quantitative estimate of drug-likeness (QED) is 0.0156. The van der Waals surface area contributed by atoms with Gasteiger partial charge in [0.05, 0.1) is 31.4 Å². The zero-order chi connectivity index (χ0) is 55.1. The maximum Gasteiger partial charge on any atom is 0.322 e. The Morgan fingerprint density at radius 3 is 1.47 bits per heavy atom. The molecule has 0 aliphatic rings. The van der Waals surface area contributed by atoms with E-state index in [0.717, 1.165) is 13.8 Å². The molecule has 0 saturated heterocycles. The normalized spacial score (nSPS) is 15.1. The van der Waals surface area contributed by atoms with Crippen molar-refractivity contribution in [3.8, 4) is 0 Å². The minimum atomic E-state index is -1.79. The molecule has 31 heteroatoms. The lowest BCUT2D eigenvalue weighted by Gasteiger charge is -2.28. The first-order chi connectivity index (χ1) is 33.8. The van der Waals surface area contributed by atoms with Crippen LogP contribution in [-0.4, -0.2) is 191 Å². The van der Waals surface area contributed by atoms with Crippen LogP contribution in [0.15, 0.2) is 4.99 Å². The van der Waals surface area contributed by atoms with Crippen LogP contribution in [0.3, 0.4) is 0 Å². The number of primary amides is 1. The molecule has 0 saturated carbocycles. The molecule has 31 nitrogen and oxygen atoms in total. The van der Waals surface area contributed by atoms with Gasteiger partial charge in [-0.1, -0.05) is 6.42 Å². The van der Waals surface area contributed by atoms with Crippen LogP contribution in [0.1, 0.15) is 85.0 Å². The number of aliphatic hydroxyl groups is 3. The summed E-state index contributed by atoms with van der Waals surface area (Å²) in [5, 5.41) is 60.1. The van der Waals surface area contributed by atoms with Gasteiger partial charge in [0.15, 0.2) is 5.96 Å². The van der Waals surface area contributed by atoms with Crippen molar-refractivity contribution in [1.82, 2.24) is 47.9 Å². The van der Waals surface area contributed by atoms with Crippen molar-refractivity contribution in [3.05, 3.63) is 0 Å². The van der Waals surface area contributed by atoms with Gasteiger partial charge in [0.2, 0.25) is 59.1 Å². The summed E-state index contributed by atoms with van der Waals surface area (Å²) in [7, 11) is 0. The van der Waals surface area contributed by atoms with E-state index in [1.165, 1.54) is 6.92 Å². The van der Waals surface area contributed by atoms with Gasteiger partial charge in [-0.25, -0.2) is 0 Å². The summed E-state index contributed by atoms with van der Waals surface area (Å²) in [6.07, 6.45) is -2.13. The van der Waals surface area contributed by atoms with E-state index in [-0.39, 0.29) is 64.0 Å². The lowest BCUT2D eigenvalue weighted by atomic mass is 10.0. The first kappa shape index (κ1) is 65.2. The van der Waals surface area contributed by atoms with Gasteiger partial charge in [0.25, 0.3) is 0 Å². The minimum Gasteiger partial charge on any atom is -0.480 e. The second kappa shape index (κ2) is 35.3. The van der Waals surface area contributed by atoms with Gasteiger partial charge in [-0.05, 0) is 85.2 Å². The largest absolute Gasteiger partial charge is 0.480 e. The molecule has 0 heterocycles. The van der Waals surface area contributed by atoms with Crippen molar-refractivity contribution in [2.24, 2.45) is 39.4 Å². The average molecular weight is 1030 g/mol. The van der Waals surface area contributed by atoms with Crippen LogP contribution in [-0.2, 0) is 52.7 Å². The van der Waals surface area contributed by atoms with Gasteiger partial charge in [0.1, 0.15) is 48.8 Å². The summed E-state index contributed by atoms with van der Waals surface area (Å²) in [4.78, 5) is 145. The molecule has 0 aromatic heterocycles. The molecule has 1 unspecified atom stereocenters. The summed E-state index contributed by atoms with van der Waals surface area (Å²) in [5.41, 5.74) is 33.2. The molecule has 0 aromatic rings. The third-order valence-corrected chi connectivity index (χ3v) is 10.3. The molecule has 0 spiro atoms. The van der Waals surface area contributed by atoms with E-state index in [9.17, 15) is 68.1 Å². The predicted molar refractivity (Wildman–Crippen MR) is 255 cm³/mol. The standard InChI is InChI=1S/C41H76N16O15/c1-20(51-40(72)32(22(3)60)57-37(69)26(12-13-28(45)61)53-34(66)23(44)9-4-6-14-42)33(65)52-25(11-8-16-48-41(46)47)35(67)54-24(10-5-7-15-43)36(68)55-27(19-58)38(70)56-31(21(2)59)39(71)50-17-29(62)49-18-30(63)64/h20-27,31-32,58-60H,4-19,42-44H2,1-3H3,(H2,45,61)(H,49,62)(H,50,71)(H,51,72)(H,52,65)(H,53,66)(H,54,67)(H,55,68)(H,56,70)(H,57,69)(H,63,64)(H4,46,47,48)/t20?,21-,22-,23+,24+,25+,26+,27+,31+,32+/m1/s1. The molecule has 0 aromatic carbocycles. The number of unbranched alkanes of at least 4 members (excludes halogenated alkanes) is 2. The van der Waals surface area contributed by atoms with Crippen LogP contribution in [0, 0.1) is 0 Å². The topological polar surface area (TPSA) is 545 Å². The fourth-order valence-corrected chi connectivity index (χ4v) is 6.24. The van der Waals surface area contributed by atoms with Crippen molar-refractivity contribution in [3.63, 3.8) is 0 Å². The van der Waals surface area contributed by atoms with Crippen molar-refractivity contribution in [2.75, 3.05) is 39.3 Å². The van der Waals surface area contributed by atoms with Crippen molar-refractivity contribution < 1.29 is 73.2 Å². The summed E-state index contributed by atoms with van der Waals surface area (Å²) in [6.45, 7) is 1.44. The van der Waals surface area contributed by atoms with E-state index >= 15 is 0 Å². The maximum absolute atomic E-state index is 13.9.